The van der Waals surface area contributed by atoms with Crippen LogP contribution in [0, 0.1) is 0 Å². The molecule has 0 bridgehead atoms. The fourth-order valence-electron chi connectivity index (χ4n) is 1.98. The number of rotatable bonds is 8. The fourth-order valence-corrected chi connectivity index (χ4v) is 3.41. The molecule has 0 unspecified atom stereocenters. The third-order valence-electron chi connectivity index (χ3n) is 3.22. The molecule has 2 rings (SSSR count). The Balaban J connectivity index is 1.87. The Labute approximate surface area is 152 Å². The second-order valence-electron chi connectivity index (χ2n) is 4.97. The third kappa shape index (κ3) is 5.77. The van der Waals surface area contributed by atoms with Gasteiger partial charge in [-0.05, 0) is 62.5 Å². The van der Waals surface area contributed by atoms with Crippen molar-refractivity contribution < 1.29 is 17.9 Å². The Hall–Kier alpha value is -2.03. The number of carbonyl (C=O) groups excluding carboxylic acids is 1. The maximum Gasteiger partial charge on any atom is 0.240 e. The second-order valence-corrected chi connectivity index (χ2v) is 7.91. The average molecular weight is 380 g/mol. The van der Waals surface area contributed by atoms with Gasteiger partial charge in [0.25, 0.3) is 0 Å². The van der Waals surface area contributed by atoms with Crippen molar-refractivity contribution in [1.29, 1.82) is 0 Å². The van der Waals surface area contributed by atoms with Gasteiger partial charge in [0.15, 0.2) is 0 Å². The van der Waals surface area contributed by atoms with Crippen LogP contribution >= 0.6 is 11.8 Å². The standard InChI is InChI=1S/C17H20N2O4S2/c1-3-23-14-6-8-15(9-7-14)24-12-17(20)19-13-4-10-16(11-5-13)25(21,22)18-2/h4-11,18H,3,12H2,1-2H3,(H,19,20). The summed E-state index contributed by atoms with van der Waals surface area (Å²) < 4.78 is 30.9. The summed E-state index contributed by atoms with van der Waals surface area (Å²) in [6, 6.07) is 13.5. The van der Waals surface area contributed by atoms with Crippen molar-refractivity contribution in [2.24, 2.45) is 0 Å². The zero-order chi connectivity index (χ0) is 18.3. The number of thioether (sulfide) groups is 1. The van der Waals surface area contributed by atoms with Gasteiger partial charge in [-0.25, -0.2) is 13.1 Å². The monoisotopic (exact) mass is 380 g/mol. The van der Waals surface area contributed by atoms with Crippen LogP contribution in [0.4, 0.5) is 5.69 Å². The van der Waals surface area contributed by atoms with E-state index in [1.165, 1.54) is 30.9 Å². The first-order valence-corrected chi connectivity index (χ1v) is 10.1. The molecular weight excluding hydrogens is 360 g/mol. The maximum atomic E-state index is 12.0. The van der Waals surface area contributed by atoms with E-state index in [-0.39, 0.29) is 16.6 Å². The lowest BCUT2D eigenvalue weighted by Crippen LogP contribution is -2.18. The molecule has 2 aromatic rings. The highest BCUT2D eigenvalue weighted by Gasteiger charge is 2.11. The van der Waals surface area contributed by atoms with E-state index in [4.69, 9.17) is 4.74 Å². The first-order chi connectivity index (χ1) is 11.9. The van der Waals surface area contributed by atoms with Crippen LogP contribution in [0.15, 0.2) is 58.3 Å². The minimum absolute atomic E-state index is 0.150. The van der Waals surface area contributed by atoms with E-state index in [1.54, 1.807) is 12.1 Å². The average Bonchev–Trinajstić information content (AvgIpc) is 2.62. The number of amides is 1. The first kappa shape index (κ1) is 19.3. The molecule has 0 aliphatic carbocycles. The topological polar surface area (TPSA) is 84.5 Å². The number of anilines is 1. The minimum Gasteiger partial charge on any atom is -0.494 e. The number of ether oxygens (including phenoxy) is 1. The molecule has 0 aromatic heterocycles. The van der Waals surface area contributed by atoms with Crippen molar-refractivity contribution in [3.8, 4) is 5.75 Å². The van der Waals surface area contributed by atoms with E-state index in [1.807, 2.05) is 31.2 Å². The summed E-state index contributed by atoms with van der Waals surface area (Å²) in [5.74, 6) is 0.890. The highest BCUT2D eigenvalue weighted by molar-refractivity contribution is 8.00. The molecular formula is C17H20N2O4S2. The van der Waals surface area contributed by atoms with E-state index >= 15 is 0 Å². The molecule has 134 valence electrons. The maximum absolute atomic E-state index is 12.0. The number of hydrogen-bond acceptors (Lipinski definition) is 5. The van der Waals surface area contributed by atoms with Gasteiger partial charge < -0.3 is 10.1 Å². The summed E-state index contributed by atoms with van der Waals surface area (Å²) in [4.78, 5) is 13.1. The van der Waals surface area contributed by atoms with Crippen LogP contribution in [0.2, 0.25) is 0 Å². The molecule has 25 heavy (non-hydrogen) atoms. The van der Waals surface area contributed by atoms with Crippen LogP contribution in [0.3, 0.4) is 0 Å². The van der Waals surface area contributed by atoms with Crippen LogP contribution in [-0.2, 0) is 14.8 Å². The number of sulfonamides is 1. The van der Waals surface area contributed by atoms with E-state index in [9.17, 15) is 13.2 Å². The van der Waals surface area contributed by atoms with Crippen LogP contribution in [-0.4, -0.2) is 33.7 Å². The number of benzene rings is 2. The lowest BCUT2D eigenvalue weighted by molar-refractivity contribution is -0.113. The van der Waals surface area contributed by atoms with Crippen molar-refractivity contribution in [1.82, 2.24) is 4.72 Å². The molecule has 6 nitrogen and oxygen atoms in total. The third-order valence-corrected chi connectivity index (χ3v) is 5.66. The molecule has 2 N–H and O–H groups in total. The second kappa shape index (κ2) is 8.89. The van der Waals surface area contributed by atoms with Gasteiger partial charge in [-0.1, -0.05) is 0 Å². The Kier molecular flexibility index (Phi) is 6.86. The van der Waals surface area contributed by atoms with Gasteiger partial charge in [0.05, 0.1) is 17.3 Å². The molecule has 0 fully saturated rings. The van der Waals surface area contributed by atoms with Crippen molar-refractivity contribution in [2.75, 3.05) is 24.7 Å². The predicted octanol–water partition coefficient (Wildman–Crippen LogP) is 2.72. The Morgan fingerprint density at radius 1 is 1.08 bits per heavy atom. The van der Waals surface area contributed by atoms with Crippen LogP contribution in [0.1, 0.15) is 6.92 Å². The van der Waals surface area contributed by atoms with E-state index in [2.05, 4.69) is 10.0 Å². The molecule has 0 spiro atoms. The highest BCUT2D eigenvalue weighted by atomic mass is 32.2. The summed E-state index contributed by atoms with van der Waals surface area (Å²) >= 11 is 1.41. The van der Waals surface area contributed by atoms with Crippen molar-refractivity contribution >= 4 is 33.4 Å². The van der Waals surface area contributed by atoms with Gasteiger partial charge in [0, 0.05) is 10.6 Å². The molecule has 0 radical (unpaired) electrons. The zero-order valence-corrected chi connectivity index (χ0v) is 15.6. The Morgan fingerprint density at radius 2 is 1.72 bits per heavy atom. The molecule has 0 aliphatic heterocycles. The molecule has 8 heteroatoms. The van der Waals surface area contributed by atoms with Gasteiger partial charge in [0.2, 0.25) is 15.9 Å². The van der Waals surface area contributed by atoms with Crippen LogP contribution < -0.4 is 14.8 Å². The van der Waals surface area contributed by atoms with Crippen molar-refractivity contribution in [3.63, 3.8) is 0 Å². The molecule has 0 aliphatic rings. The van der Waals surface area contributed by atoms with Gasteiger partial charge in [-0.3, -0.25) is 4.79 Å². The lowest BCUT2D eigenvalue weighted by atomic mass is 10.3. The van der Waals surface area contributed by atoms with Gasteiger partial charge in [-0.15, -0.1) is 11.8 Å². The molecule has 2 aromatic carbocycles. The van der Waals surface area contributed by atoms with Gasteiger partial charge in [0.1, 0.15) is 5.75 Å². The van der Waals surface area contributed by atoms with E-state index < -0.39 is 10.0 Å². The summed E-state index contributed by atoms with van der Waals surface area (Å²) in [6.45, 7) is 2.54. The largest absolute Gasteiger partial charge is 0.494 e. The summed E-state index contributed by atoms with van der Waals surface area (Å²) in [7, 11) is -2.12. The van der Waals surface area contributed by atoms with Crippen molar-refractivity contribution in [3.05, 3.63) is 48.5 Å². The fraction of sp³-hybridized carbons (Fsp3) is 0.235. The molecule has 1 amide bonds. The van der Waals surface area contributed by atoms with Gasteiger partial charge in [-0.2, -0.15) is 0 Å². The predicted molar refractivity (Wildman–Crippen MR) is 99.7 cm³/mol. The summed E-state index contributed by atoms with van der Waals surface area (Å²) in [6.07, 6.45) is 0. The molecule has 0 heterocycles. The van der Waals surface area contributed by atoms with E-state index in [0.717, 1.165) is 10.6 Å². The number of carbonyl (C=O) groups is 1. The Morgan fingerprint density at radius 3 is 2.28 bits per heavy atom. The zero-order valence-electron chi connectivity index (χ0n) is 14.0. The number of hydrogen-bond donors (Lipinski definition) is 2. The van der Waals surface area contributed by atoms with Crippen LogP contribution in [0.25, 0.3) is 0 Å². The number of nitrogens with one attached hydrogen (secondary N) is 2. The molecule has 0 saturated carbocycles. The Bertz CT molecular complexity index is 804. The molecule has 0 atom stereocenters. The van der Waals surface area contributed by atoms with E-state index in [0.29, 0.717) is 12.3 Å². The normalized spacial score (nSPS) is 11.1. The summed E-state index contributed by atoms with van der Waals surface area (Å²) in [5.41, 5.74) is 0.548. The smallest absolute Gasteiger partial charge is 0.240 e. The molecule has 0 saturated heterocycles. The first-order valence-electron chi connectivity index (χ1n) is 7.63. The minimum atomic E-state index is -3.47. The van der Waals surface area contributed by atoms with Crippen LogP contribution in [0.5, 0.6) is 5.75 Å². The summed E-state index contributed by atoms with van der Waals surface area (Å²) in [5, 5.41) is 2.74. The van der Waals surface area contributed by atoms with Crippen molar-refractivity contribution in [2.45, 2.75) is 16.7 Å². The quantitative estimate of drug-likeness (QED) is 0.688. The SMILES string of the molecule is CCOc1ccc(SCC(=O)Nc2ccc(S(=O)(=O)NC)cc2)cc1. The van der Waals surface area contributed by atoms with Gasteiger partial charge >= 0.3 is 0 Å². The highest BCUT2D eigenvalue weighted by Crippen LogP contribution is 2.22. The lowest BCUT2D eigenvalue weighted by Gasteiger charge is -2.07.